The van der Waals surface area contributed by atoms with Gasteiger partial charge in [0.05, 0.1) is 5.75 Å². The molecule has 3 rings (SSSR count). The van der Waals surface area contributed by atoms with E-state index in [0.717, 1.165) is 48.4 Å². The number of carbonyl (C=O) groups excluding carboxylic acids is 1. The van der Waals surface area contributed by atoms with Crippen LogP contribution in [-0.2, 0) is 16.4 Å². The van der Waals surface area contributed by atoms with Gasteiger partial charge < -0.3 is 20.1 Å². The van der Waals surface area contributed by atoms with Gasteiger partial charge in [-0.3, -0.25) is 9.59 Å². The van der Waals surface area contributed by atoms with Crippen molar-refractivity contribution >= 4 is 33.0 Å². The zero-order chi connectivity index (χ0) is 25.9. The van der Waals surface area contributed by atoms with Gasteiger partial charge in [-0.1, -0.05) is 11.6 Å². The first-order valence-corrected chi connectivity index (χ1v) is 14.2. The van der Waals surface area contributed by atoms with Gasteiger partial charge in [-0.2, -0.15) is 0 Å². The number of rotatable bonds is 8. The number of aryl methyl sites for hydroxylation is 2. The van der Waals surface area contributed by atoms with E-state index >= 15 is 0 Å². The zero-order valence-corrected chi connectivity index (χ0v) is 22.6. The summed E-state index contributed by atoms with van der Waals surface area (Å²) >= 11 is 6.41. The van der Waals surface area contributed by atoms with Gasteiger partial charge in [0, 0.05) is 73.1 Å². The number of hydrogen-bond acceptors (Lipinski definition) is 6. The number of benzene rings is 1. The number of sulfone groups is 1. The summed E-state index contributed by atoms with van der Waals surface area (Å²) in [6.07, 6.45) is 3.05. The molecule has 2 N–H and O–H groups in total. The number of H-pyrrole nitrogens is 1. The highest BCUT2D eigenvalue weighted by molar-refractivity contribution is 7.90. The number of nitrogens with one attached hydrogen (secondary N) is 2. The lowest BCUT2D eigenvalue weighted by molar-refractivity contribution is 0.0950. The Balaban J connectivity index is 1.70. The molecule has 0 saturated carbocycles. The Kier molecular flexibility index (Phi) is 8.67. The SMILES string of the molecule is Cc1cc(C)c(CNC(=O)c2cc(Cl)cc(N(C)C3CCN(CCS(C)(=O)=O)CC3)c2C)c(=O)[nH]1. The summed E-state index contributed by atoms with van der Waals surface area (Å²) in [4.78, 5) is 32.5. The molecular weight excluding hydrogens is 488 g/mol. The molecule has 1 aliphatic heterocycles. The van der Waals surface area contributed by atoms with Gasteiger partial charge in [-0.05, 0) is 62.9 Å². The first-order valence-electron chi connectivity index (χ1n) is 11.8. The summed E-state index contributed by atoms with van der Waals surface area (Å²) in [6.45, 7) is 7.91. The number of aromatic amines is 1. The molecule has 10 heteroatoms. The van der Waals surface area contributed by atoms with Gasteiger partial charge in [0.15, 0.2) is 0 Å². The first kappa shape index (κ1) is 27.2. The summed E-state index contributed by atoms with van der Waals surface area (Å²) < 4.78 is 22.9. The lowest BCUT2D eigenvalue weighted by Crippen LogP contribution is -2.45. The Morgan fingerprint density at radius 2 is 1.86 bits per heavy atom. The van der Waals surface area contributed by atoms with Crippen molar-refractivity contribution in [2.75, 3.05) is 43.6 Å². The third-order valence-corrected chi connectivity index (χ3v) is 7.91. The summed E-state index contributed by atoms with van der Waals surface area (Å²) in [7, 11) is -0.966. The van der Waals surface area contributed by atoms with Crippen LogP contribution in [0.1, 0.15) is 45.6 Å². The van der Waals surface area contributed by atoms with Crippen molar-refractivity contribution in [3.8, 4) is 0 Å². The van der Waals surface area contributed by atoms with Gasteiger partial charge in [-0.15, -0.1) is 0 Å². The van der Waals surface area contributed by atoms with E-state index in [1.165, 1.54) is 6.26 Å². The van der Waals surface area contributed by atoms with E-state index in [1.807, 2.05) is 40.0 Å². The number of carbonyl (C=O) groups is 1. The number of likely N-dealkylation sites (tertiary alicyclic amines) is 1. The van der Waals surface area contributed by atoms with Gasteiger partial charge >= 0.3 is 0 Å². The third kappa shape index (κ3) is 7.08. The van der Waals surface area contributed by atoms with Crippen LogP contribution in [0.25, 0.3) is 0 Å². The molecule has 1 amide bonds. The number of aromatic nitrogens is 1. The average Bonchev–Trinajstić information content (AvgIpc) is 2.77. The molecule has 8 nitrogen and oxygen atoms in total. The Morgan fingerprint density at radius 1 is 1.20 bits per heavy atom. The van der Waals surface area contributed by atoms with E-state index in [9.17, 15) is 18.0 Å². The number of halogens is 1. The first-order chi connectivity index (χ1) is 16.4. The van der Waals surface area contributed by atoms with Crippen molar-refractivity contribution in [3.63, 3.8) is 0 Å². The largest absolute Gasteiger partial charge is 0.371 e. The quantitative estimate of drug-likeness (QED) is 0.552. The molecule has 1 aromatic carbocycles. The molecule has 2 aromatic rings. The van der Waals surface area contributed by atoms with Gasteiger partial charge in [-0.25, -0.2) is 8.42 Å². The van der Waals surface area contributed by atoms with Crippen LogP contribution in [0.3, 0.4) is 0 Å². The molecule has 1 fully saturated rings. The summed E-state index contributed by atoms with van der Waals surface area (Å²) in [6, 6.07) is 5.67. The molecule has 0 atom stereocenters. The Hall–Kier alpha value is -2.36. The Labute approximate surface area is 212 Å². The fourth-order valence-electron chi connectivity index (χ4n) is 4.65. The molecule has 0 radical (unpaired) electrons. The second-order valence-electron chi connectivity index (χ2n) is 9.54. The van der Waals surface area contributed by atoms with E-state index < -0.39 is 9.84 Å². The highest BCUT2D eigenvalue weighted by Gasteiger charge is 2.25. The molecular formula is C25H35ClN4O4S. The molecule has 0 aliphatic carbocycles. The monoisotopic (exact) mass is 522 g/mol. The number of nitrogens with zero attached hydrogens (tertiary/aromatic N) is 2. The minimum atomic E-state index is -2.97. The number of anilines is 1. The lowest BCUT2D eigenvalue weighted by atomic mass is 9.99. The summed E-state index contributed by atoms with van der Waals surface area (Å²) in [5.41, 5.74) is 4.13. The second kappa shape index (κ2) is 11.1. The Morgan fingerprint density at radius 3 is 2.46 bits per heavy atom. The van der Waals surface area contributed by atoms with Gasteiger partial charge in [0.1, 0.15) is 9.84 Å². The van der Waals surface area contributed by atoms with Crippen LogP contribution in [0, 0.1) is 20.8 Å². The van der Waals surface area contributed by atoms with E-state index in [4.69, 9.17) is 11.6 Å². The maximum atomic E-state index is 13.1. The van der Waals surface area contributed by atoms with Crippen LogP contribution in [0.15, 0.2) is 23.0 Å². The summed E-state index contributed by atoms with van der Waals surface area (Å²) in [5.74, 6) is -0.109. The predicted octanol–water partition coefficient (Wildman–Crippen LogP) is 2.83. The standard InChI is InChI=1S/C25H35ClN4O4S/c1-16-12-17(2)28-25(32)22(16)15-27-24(31)21-13-19(26)14-23(18(21)3)29(4)20-6-8-30(9-7-20)10-11-35(5,33)34/h12-14,20H,6-11,15H2,1-5H3,(H,27,31)(H,28,32). The van der Waals surface area contributed by atoms with Crippen molar-refractivity contribution in [1.29, 1.82) is 0 Å². The van der Waals surface area contributed by atoms with Crippen LogP contribution in [0.2, 0.25) is 5.02 Å². The molecule has 1 saturated heterocycles. The smallest absolute Gasteiger partial charge is 0.253 e. The highest BCUT2D eigenvalue weighted by Crippen LogP contribution is 2.31. The Bertz CT molecular complexity index is 1250. The number of hydrogen-bond donors (Lipinski definition) is 2. The third-order valence-electron chi connectivity index (χ3n) is 6.77. The predicted molar refractivity (Wildman–Crippen MR) is 141 cm³/mol. The van der Waals surface area contributed by atoms with E-state index in [0.29, 0.717) is 22.7 Å². The molecule has 0 spiro atoms. The van der Waals surface area contributed by atoms with E-state index in [1.54, 1.807) is 6.07 Å². The fourth-order valence-corrected chi connectivity index (χ4v) is 5.46. The maximum absolute atomic E-state index is 13.1. The molecule has 0 bridgehead atoms. The molecule has 2 heterocycles. The van der Waals surface area contributed by atoms with E-state index in [-0.39, 0.29) is 29.8 Å². The van der Waals surface area contributed by atoms with Crippen molar-refractivity contribution in [2.24, 2.45) is 0 Å². The van der Waals surface area contributed by atoms with Crippen LogP contribution in [0.5, 0.6) is 0 Å². The number of pyridine rings is 1. The minimum Gasteiger partial charge on any atom is -0.371 e. The lowest BCUT2D eigenvalue weighted by Gasteiger charge is -2.38. The fraction of sp³-hybridized carbons (Fsp3) is 0.520. The van der Waals surface area contributed by atoms with Crippen molar-refractivity contribution < 1.29 is 13.2 Å². The van der Waals surface area contributed by atoms with Crippen LogP contribution in [0.4, 0.5) is 5.69 Å². The highest BCUT2D eigenvalue weighted by atomic mass is 35.5. The van der Waals surface area contributed by atoms with Crippen LogP contribution < -0.4 is 15.8 Å². The van der Waals surface area contributed by atoms with Gasteiger partial charge in [0.25, 0.3) is 11.5 Å². The minimum absolute atomic E-state index is 0.128. The van der Waals surface area contributed by atoms with Crippen molar-refractivity contribution in [3.05, 3.63) is 61.5 Å². The normalized spacial score (nSPS) is 15.3. The average molecular weight is 523 g/mol. The van der Waals surface area contributed by atoms with Crippen LogP contribution in [-0.4, -0.2) is 68.9 Å². The van der Waals surface area contributed by atoms with Crippen molar-refractivity contribution in [2.45, 2.75) is 46.2 Å². The zero-order valence-electron chi connectivity index (χ0n) is 21.1. The van der Waals surface area contributed by atoms with E-state index in [2.05, 4.69) is 20.1 Å². The maximum Gasteiger partial charge on any atom is 0.253 e. The van der Waals surface area contributed by atoms with Crippen molar-refractivity contribution in [1.82, 2.24) is 15.2 Å². The molecule has 0 unspecified atom stereocenters. The van der Waals surface area contributed by atoms with Gasteiger partial charge in [0.2, 0.25) is 0 Å². The number of piperidine rings is 1. The van der Waals surface area contributed by atoms with Crippen LogP contribution >= 0.6 is 11.6 Å². The molecule has 35 heavy (non-hydrogen) atoms. The molecule has 1 aliphatic rings. The molecule has 192 valence electrons. The molecule has 1 aromatic heterocycles. The summed E-state index contributed by atoms with van der Waals surface area (Å²) in [5, 5.41) is 3.34. The topological polar surface area (TPSA) is 103 Å². The number of amides is 1. The second-order valence-corrected chi connectivity index (χ2v) is 12.2.